The monoisotopic (exact) mass is 428 g/mol. The van der Waals surface area contributed by atoms with E-state index in [9.17, 15) is 4.79 Å². The highest BCUT2D eigenvalue weighted by molar-refractivity contribution is 6.32. The van der Waals surface area contributed by atoms with Gasteiger partial charge in [0.05, 0.1) is 5.02 Å². The molecule has 1 amide bonds. The number of carbonyl (C=O) groups is 1. The zero-order valence-corrected chi connectivity index (χ0v) is 18.4. The molecular weight excluding hydrogens is 400 g/mol. The Hall–Kier alpha value is -2.34. The lowest BCUT2D eigenvalue weighted by atomic mass is 9.88. The summed E-state index contributed by atoms with van der Waals surface area (Å²) < 4.78 is 5.91. The third-order valence-electron chi connectivity index (χ3n) is 6.12. The lowest BCUT2D eigenvalue weighted by Crippen LogP contribution is -2.55. The molecule has 1 saturated carbocycles. The molecule has 2 fully saturated rings. The molecule has 2 aliphatic rings. The fraction of sp³-hybridized carbons (Fsp3) is 0.522. The summed E-state index contributed by atoms with van der Waals surface area (Å²) in [7, 11) is 0. The summed E-state index contributed by atoms with van der Waals surface area (Å²) in [5.74, 6) is 2.40. The molecule has 0 spiro atoms. The van der Waals surface area contributed by atoms with Crippen molar-refractivity contribution in [3.63, 3.8) is 0 Å². The SMILES string of the molecule is Cc1ccc(Cl)c(Oc2cc(N3CCN(C(=O)C4CCCCC4)C(C)C3)ncn2)c1. The number of amides is 1. The third-order valence-corrected chi connectivity index (χ3v) is 6.43. The number of rotatable bonds is 4. The number of piperazine rings is 1. The molecule has 1 saturated heterocycles. The molecule has 0 radical (unpaired) electrons. The van der Waals surface area contributed by atoms with E-state index < -0.39 is 0 Å². The second kappa shape index (κ2) is 9.21. The predicted molar refractivity (Wildman–Crippen MR) is 118 cm³/mol. The van der Waals surface area contributed by atoms with Gasteiger partial charge in [-0.1, -0.05) is 36.9 Å². The molecule has 1 aromatic carbocycles. The van der Waals surface area contributed by atoms with Crippen molar-refractivity contribution in [2.75, 3.05) is 24.5 Å². The van der Waals surface area contributed by atoms with Gasteiger partial charge in [-0.3, -0.25) is 4.79 Å². The van der Waals surface area contributed by atoms with E-state index >= 15 is 0 Å². The van der Waals surface area contributed by atoms with Crippen LogP contribution in [0.5, 0.6) is 11.6 Å². The number of hydrogen-bond acceptors (Lipinski definition) is 5. The van der Waals surface area contributed by atoms with Gasteiger partial charge < -0.3 is 14.5 Å². The first-order valence-electron chi connectivity index (χ1n) is 10.8. The summed E-state index contributed by atoms with van der Waals surface area (Å²) in [5, 5.41) is 0.546. The van der Waals surface area contributed by atoms with Crippen molar-refractivity contribution in [1.82, 2.24) is 14.9 Å². The Balaban J connectivity index is 1.42. The molecule has 1 aromatic heterocycles. The van der Waals surface area contributed by atoms with Crippen molar-refractivity contribution >= 4 is 23.3 Å². The lowest BCUT2D eigenvalue weighted by Gasteiger charge is -2.42. The van der Waals surface area contributed by atoms with Gasteiger partial charge in [0, 0.05) is 37.7 Å². The van der Waals surface area contributed by atoms with Crippen LogP contribution in [-0.2, 0) is 4.79 Å². The molecule has 2 heterocycles. The van der Waals surface area contributed by atoms with Crippen LogP contribution < -0.4 is 9.64 Å². The van der Waals surface area contributed by atoms with Gasteiger partial charge >= 0.3 is 0 Å². The number of halogens is 1. The minimum Gasteiger partial charge on any atom is -0.437 e. The van der Waals surface area contributed by atoms with Gasteiger partial charge in [-0.05, 0) is 44.4 Å². The summed E-state index contributed by atoms with van der Waals surface area (Å²) in [6, 6.07) is 7.64. The molecule has 0 bridgehead atoms. The summed E-state index contributed by atoms with van der Waals surface area (Å²) in [6.45, 7) is 6.34. The van der Waals surface area contributed by atoms with Gasteiger partial charge in [0.25, 0.3) is 0 Å². The highest BCUT2D eigenvalue weighted by Crippen LogP contribution is 2.31. The van der Waals surface area contributed by atoms with E-state index in [-0.39, 0.29) is 12.0 Å². The summed E-state index contributed by atoms with van der Waals surface area (Å²) >= 11 is 6.25. The maximum Gasteiger partial charge on any atom is 0.226 e. The number of benzene rings is 1. The average molecular weight is 429 g/mol. The second-order valence-electron chi connectivity index (χ2n) is 8.41. The van der Waals surface area contributed by atoms with Crippen molar-refractivity contribution in [3.8, 4) is 11.6 Å². The minimum atomic E-state index is 0.152. The van der Waals surface area contributed by atoms with E-state index in [0.717, 1.165) is 43.9 Å². The van der Waals surface area contributed by atoms with Crippen molar-refractivity contribution in [3.05, 3.63) is 41.2 Å². The van der Waals surface area contributed by atoms with Crippen LogP contribution in [-0.4, -0.2) is 46.5 Å². The van der Waals surface area contributed by atoms with Gasteiger partial charge in [0.2, 0.25) is 11.8 Å². The number of ether oxygens (including phenoxy) is 1. The van der Waals surface area contributed by atoms with Gasteiger partial charge in [-0.2, -0.15) is 0 Å². The highest BCUT2D eigenvalue weighted by atomic mass is 35.5. The first-order valence-corrected chi connectivity index (χ1v) is 11.2. The lowest BCUT2D eigenvalue weighted by molar-refractivity contribution is -0.139. The van der Waals surface area contributed by atoms with E-state index in [1.807, 2.05) is 31.2 Å². The van der Waals surface area contributed by atoms with Crippen molar-refractivity contribution in [1.29, 1.82) is 0 Å². The zero-order valence-electron chi connectivity index (χ0n) is 17.7. The van der Waals surface area contributed by atoms with Crippen LogP contribution in [0.4, 0.5) is 5.82 Å². The van der Waals surface area contributed by atoms with Crippen LogP contribution >= 0.6 is 11.6 Å². The summed E-state index contributed by atoms with van der Waals surface area (Å²) in [5.41, 5.74) is 1.07. The minimum absolute atomic E-state index is 0.152. The molecule has 7 heteroatoms. The van der Waals surface area contributed by atoms with Crippen LogP contribution in [0.3, 0.4) is 0 Å². The number of carbonyl (C=O) groups excluding carboxylic acids is 1. The zero-order chi connectivity index (χ0) is 21.1. The van der Waals surface area contributed by atoms with E-state index in [0.29, 0.717) is 22.6 Å². The third kappa shape index (κ3) is 4.69. The van der Waals surface area contributed by atoms with E-state index in [1.54, 1.807) is 0 Å². The Kier molecular flexibility index (Phi) is 6.42. The molecule has 30 heavy (non-hydrogen) atoms. The van der Waals surface area contributed by atoms with Crippen LogP contribution in [0, 0.1) is 12.8 Å². The molecule has 2 aromatic rings. The molecule has 1 aliphatic carbocycles. The number of aryl methyl sites for hydroxylation is 1. The van der Waals surface area contributed by atoms with Crippen molar-refractivity contribution in [2.24, 2.45) is 5.92 Å². The smallest absolute Gasteiger partial charge is 0.226 e. The average Bonchev–Trinajstić information content (AvgIpc) is 2.76. The Labute approximate surface area is 183 Å². The molecule has 0 N–H and O–H groups in total. The van der Waals surface area contributed by atoms with Crippen LogP contribution in [0.1, 0.15) is 44.6 Å². The normalized spacial score (nSPS) is 20.3. The van der Waals surface area contributed by atoms with Gasteiger partial charge in [-0.25, -0.2) is 9.97 Å². The highest BCUT2D eigenvalue weighted by Gasteiger charge is 2.32. The summed E-state index contributed by atoms with van der Waals surface area (Å²) in [6.07, 6.45) is 7.22. The van der Waals surface area contributed by atoms with E-state index in [1.165, 1.54) is 25.6 Å². The first kappa shape index (κ1) is 20.9. The first-order chi connectivity index (χ1) is 14.5. The van der Waals surface area contributed by atoms with Crippen LogP contribution in [0.25, 0.3) is 0 Å². The molecule has 1 aliphatic heterocycles. The maximum absolute atomic E-state index is 13.0. The predicted octanol–water partition coefficient (Wildman–Crippen LogP) is 4.85. The second-order valence-corrected chi connectivity index (χ2v) is 8.82. The molecule has 6 nitrogen and oxygen atoms in total. The van der Waals surface area contributed by atoms with Crippen LogP contribution in [0.15, 0.2) is 30.6 Å². The largest absolute Gasteiger partial charge is 0.437 e. The fourth-order valence-corrected chi connectivity index (χ4v) is 4.59. The molecule has 1 unspecified atom stereocenters. The van der Waals surface area contributed by atoms with Crippen molar-refractivity contribution < 1.29 is 9.53 Å². The number of anilines is 1. The Bertz CT molecular complexity index is 901. The van der Waals surface area contributed by atoms with Gasteiger partial charge in [0.15, 0.2) is 0 Å². The van der Waals surface area contributed by atoms with Crippen LogP contribution in [0.2, 0.25) is 5.02 Å². The topological polar surface area (TPSA) is 58.6 Å². The maximum atomic E-state index is 13.0. The number of aromatic nitrogens is 2. The van der Waals surface area contributed by atoms with E-state index in [4.69, 9.17) is 16.3 Å². The molecule has 1 atom stereocenters. The Morgan fingerprint density at radius 2 is 1.93 bits per heavy atom. The molecular formula is C23H29ClN4O2. The molecule has 160 valence electrons. The summed E-state index contributed by atoms with van der Waals surface area (Å²) in [4.78, 5) is 25.9. The van der Waals surface area contributed by atoms with Crippen molar-refractivity contribution in [2.45, 2.75) is 52.0 Å². The van der Waals surface area contributed by atoms with Gasteiger partial charge in [-0.15, -0.1) is 0 Å². The number of hydrogen-bond donors (Lipinski definition) is 0. The van der Waals surface area contributed by atoms with Gasteiger partial charge in [0.1, 0.15) is 17.9 Å². The number of nitrogens with zero attached hydrogens (tertiary/aromatic N) is 4. The molecule has 4 rings (SSSR count). The Morgan fingerprint density at radius 3 is 2.70 bits per heavy atom. The quantitative estimate of drug-likeness (QED) is 0.696. The van der Waals surface area contributed by atoms with E-state index in [2.05, 4.69) is 26.7 Å². The fourth-order valence-electron chi connectivity index (χ4n) is 4.44. The standard InChI is InChI=1S/C23H29ClN4O2/c1-16-8-9-19(24)20(12-16)30-22-13-21(25-15-26-22)27-10-11-28(17(2)14-27)23(29)18-6-4-3-5-7-18/h8-9,12-13,15,17-18H,3-7,10-11,14H2,1-2H3. The Morgan fingerprint density at radius 1 is 1.13 bits per heavy atom.